The molecule has 6 nitrogen and oxygen atoms in total. The second-order valence-electron chi connectivity index (χ2n) is 7.70. The lowest BCUT2D eigenvalue weighted by molar-refractivity contribution is 0.0925. The third-order valence-corrected chi connectivity index (χ3v) is 8.11. The van der Waals surface area contributed by atoms with Gasteiger partial charge in [-0.1, -0.05) is 31.9 Å². The minimum atomic E-state index is -3.33. The lowest BCUT2D eigenvalue weighted by Crippen LogP contribution is -2.31. The molecule has 0 spiro atoms. The molecule has 152 valence electrons. The van der Waals surface area contributed by atoms with E-state index >= 15 is 0 Å². The first-order valence-electron chi connectivity index (χ1n) is 9.90. The van der Waals surface area contributed by atoms with E-state index in [1.165, 1.54) is 0 Å². The summed E-state index contributed by atoms with van der Waals surface area (Å²) in [7, 11) is -3.33. The highest BCUT2D eigenvalue weighted by Gasteiger charge is 2.33. The molecule has 1 fully saturated rings. The number of nitrogens with one attached hydrogen (secondary N) is 1. The summed E-state index contributed by atoms with van der Waals surface area (Å²) in [5.41, 5.74) is 1.39. The molecule has 7 heteroatoms. The van der Waals surface area contributed by atoms with Crippen molar-refractivity contribution in [2.24, 2.45) is 5.92 Å². The molecule has 0 bridgehead atoms. The van der Waals surface area contributed by atoms with Crippen molar-refractivity contribution in [2.45, 2.75) is 49.3 Å². The monoisotopic (exact) mass is 412 g/mol. The van der Waals surface area contributed by atoms with Crippen molar-refractivity contribution >= 4 is 26.7 Å². The molecule has 1 N–H and O–H groups in total. The Morgan fingerprint density at radius 1 is 1.17 bits per heavy atom. The lowest BCUT2D eigenvalue weighted by atomic mass is 9.90. The standard InChI is InChI=1S/C22H24N2O4S/c1-15-4-2-3-5-21(15)29(26,27)18-8-6-16(7-9-18)13-24-22(25)19-12-17-10-11-23-14-20(17)28-19/h6-12,14-15,21H,2-5,13H2,1H3,(H,24,25). The number of carbonyl (C=O) groups excluding carboxylic acids is 1. The number of amides is 1. The zero-order chi connectivity index (χ0) is 20.4. The Hall–Kier alpha value is -2.67. The number of aromatic nitrogens is 1. The molecular formula is C22H24N2O4S. The number of sulfone groups is 1. The molecule has 29 heavy (non-hydrogen) atoms. The minimum absolute atomic E-state index is 0.187. The molecule has 3 aromatic rings. The maximum absolute atomic E-state index is 13.0. The molecule has 1 aliphatic rings. The lowest BCUT2D eigenvalue weighted by Gasteiger charge is -2.28. The van der Waals surface area contributed by atoms with Crippen LogP contribution in [0.2, 0.25) is 0 Å². The first kappa shape index (κ1) is 19.6. The van der Waals surface area contributed by atoms with Gasteiger partial charge >= 0.3 is 0 Å². The Morgan fingerprint density at radius 3 is 2.66 bits per heavy atom. The maximum Gasteiger partial charge on any atom is 0.287 e. The number of carbonyl (C=O) groups is 1. The van der Waals surface area contributed by atoms with Crippen LogP contribution in [0.15, 0.2) is 58.1 Å². The van der Waals surface area contributed by atoms with E-state index in [0.717, 1.165) is 36.6 Å². The third-order valence-electron chi connectivity index (χ3n) is 5.68. The predicted molar refractivity (Wildman–Crippen MR) is 110 cm³/mol. The van der Waals surface area contributed by atoms with E-state index in [1.807, 2.05) is 6.92 Å². The number of benzene rings is 1. The summed E-state index contributed by atoms with van der Waals surface area (Å²) in [6, 6.07) is 10.2. The fraction of sp³-hybridized carbons (Fsp3) is 0.364. The number of fused-ring (bicyclic) bond motifs is 1. The summed E-state index contributed by atoms with van der Waals surface area (Å²) in [6.07, 6.45) is 6.98. The quantitative estimate of drug-likeness (QED) is 0.681. The van der Waals surface area contributed by atoms with E-state index in [0.29, 0.717) is 10.5 Å². The van der Waals surface area contributed by atoms with Crippen LogP contribution < -0.4 is 5.32 Å². The first-order chi connectivity index (χ1) is 13.9. The smallest absolute Gasteiger partial charge is 0.287 e. The summed E-state index contributed by atoms with van der Waals surface area (Å²) in [5.74, 6) is 0.0825. The van der Waals surface area contributed by atoms with E-state index < -0.39 is 9.84 Å². The van der Waals surface area contributed by atoms with Crippen LogP contribution >= 0.6 is 0 Å². The zero-order valence-corrected chi connectivity index (χ0v) is 17.1. The molecule has 4 rings (SSSR count). The summed E-state index contributed by atoms with van der Waals surface area (Å²) in [4.78, 5) is 16.7. The average Bonchev–Trinajstić information content (AvgIpc) is 3.17. The number of furan rings is 1. The molecule has 1 aliphatic carbocycles. The van der Waals surface area contributed by atoms with Gasteiger partial charge in [0.15, 0.2) is 21.2 Å². The topological polar surface area (TPSA) is 89.3 Å². The van der Waals surface area contributed by atoms with Crippen LogP contribution in [0.1, 0.15) is 48.7 Å². The molecule has 0 radical (unpaired) electrons. The van der Waals surface area contributed by atoms with Gasteiger partial charge in [-0.15, -0.1) is 0 Å². The van der Waals surface area contributed by atoms with Gasteiger partial charge in [0.25, 0.3) is 5.91 Å². The number of rotatable bonds is 5. The van der Waals surface area contributed by atoms with Crippen LogP contribution in [0, 0.1) is 5.92 Å². The fourth-order valence-electron chi connectivity index (χ4n) is 3.98. The second-order valence-corrected chi connectivity index (χ2v) is 9.86. The Labute approximate surface area is 170 Å². The molecule has 2 heterocycles. The first-order valence-corrected chi connectivity index (χ1v) is 11.4. The molecule has 2 atom stereocenters. The molecule has 0 aliphatic heterocycles. The van der Waals surface area contributed by atoms with Crippen molar-refractivity contribution in [2.75, 3.05) is 0 Å². The molecule has 1 amide bonds. The highest BCUT2D eigenvalue weighted by Crippen LogP contribution is 2.32. The summed E-state index contributed by atoms with van der Waals surface area (Å²) in [6.45, 7) is 2.31. The minimum Gasteiger partial charge on any atom is -0.449 e. The highest BCUT2D eigenvalue weighted by atomic mass is 32.2. The Kier molecular flexibility index (Phi) is 5.41. The summed E-state index contributed by atoms with van der Waals surface area (Å²) in [5, 5.41) is 3.32. The molecule has 2 aromatic heterocycles. The third kappa shape index (κ3) is 4.05. The van der Waals surface area contributed by atoms with E-state index in [9.17, 15) is 13.2 Å². The highest BCUT2D eigenvalue weighted by molar-refractivity contribution is 7.92. The van der Waals surface area contributed by atoms with Gasteiger partial charge in [0, 0.05) is 18.1 Å². The van der Waals surface area contributed by atoms with Crippen molar-refractivity contribution in [3.8, 4) is 0 Å². The predicted octanol–water partition coefficient (Wildman–Crippen LogP) is 4.11. The summed E-state index contributed by atoms with van der Waals surface area (Å²) >= 11 is 0. The second kappa shape index (κ2) is 7.99. The van der Waals surface area contributed by atoms with Gasteiger partial charge in [-0.3, -0.25) is 9.78 Å². The molecule has 1 aromatic carbocycles. The number of hydrogen-bond acceptors (Lipinski definition) is 5. The van der Waals surface area contributed by atoms with Gasteiger partial charge < -0.3 is 9.73 Å². The molecule has 1 saturated carbocycles. The Balaban J connectivity index is 1.42. The normalized spacial score (nSPS) is 19.9. The molecule has 0 saturated heterocycles. The number of pyridine rings is 1. The van der Waals surface area contributed by atoms with Crippen LogP contribution in [-0.2, 0) is 16.4 Å². The Morgan fingerprint density at radius 2 is 1.93 bits per heavy atom. The fourth-order valence-corrected chi connectivity index (χ4v) is 6.07. The van der Waals surface area contributed by atoms with Crippen molar-refractivity contribution in [1.29, 1.82) is 0 Å². The van der Waals surface area contributed by atoms with Crippen molar-refractivity contribution in [3.63, 3.8) is 0 Å². The van der Waals surface area contributed by atoms with Crippen LogP contribution in [-0.4, -0.2) is 24.6 Å². The van der Waals surface area contributed by atoms with Gasteiger partial charge in [0.1, 0.15) is 0 Å². The van der Waals surface area contributed by atoms with Gasteiger partial charge in [-0.2, -0.15) is 0 Å². The van der Waals surface area contributed by atoms with Gasteiger partial charge in [-0.25, -0.2) is 8.42 Å². The van der Waals surface area contributed by atoms with Crippen molar-refractivity contribution < 1.29 is 17.6 Å². The van der Waals surface area contributed by atoms with E-state index in [1.54, 1.807) is 48.8 Å². The maximum atomic E-state index is 13.0. The zero-order valence-electron chi connectivity index (χ0n) is 16.3. The largest absolute Gasteiger partial charge is 0.449 e. The van der Waals surface area contributed by atoms with E-state index in [2.05, 4.69) is 10.3 Å². The summed E-state index contributed by atoms with van der Waals surface area (Å²) < 4.78 is 31.4. The van der Waals surface area contributed by atoms with Gasteiger partial charge in [0.05, 0.1) is 16.3 Å². The van der Waals surface area contributed by atoms with Crippen molar-refractivity contribution in [1.82, 2.24) is 10.3 Å². The molecule has 2 unspecified atom stereocenters. The van der Waals surface area contributed by atoms with Crippen LogP contribution in [0.25, 0.3) is 11.0 Å². The van der Waals surface area contributed by atoms with Crippen LogP contribution in [0.3, 0.4) is 0 Å². The molecular weight excluding hydrogens is 388 g/mol. The van der Waals surface area contributed by atoms with E-state index in [4.69, 9.17) is 4.42 Å². The SMILES string of the molecule is CC1CCCCC1S(=O)(=O)c1ccc(CNC(=O)c2cc3ccncc3o2)cc1. The van der Waals surface area contributed by atoms with Crippen LogP contribution in [0.5, 0.6) is 0 Å². The van der Waals surface area contributed by atoms with Crippen molar-refractivity contribution in [3.05, 3.63) is 60.1 Å². The van der Waals surface area contributed by atoms with Gasteiger partial charge in [0.2, 0.25) is 0 Å². The number of hydrogen-bond donors (Lipinski definition) is 1. The van der Waals surface area contributed by atoms with Crippen LogP contribution in [0.4, 0.5) is 0 Å². The number of nitrogens with zero attached hydrogens (tertiary/aromatic N) is 1. The Bertz CT molecular complexity index is 1090. The van der Waals surface area contributed by atoms with Gasteiger partial charge in [-0.05, 0) is 48.6 Å². The average molecular weight is 413 g/mol. The van der Waals surface area contributed by atoms with E-state index in [-0.39, 0.29) is 29.4 Å².